The highest BCUT2D eigenvalue weighted by molar-refractivity contribution is 5.95. The van der Waals surface area contributed by atoms with Crippen LogP contribution in [-0.2, 0) is 36.8 Å². The maximum absolute atomic E-state index is 13.5. The number of amides is 4. The molecule has 0 aliphatic rings. The van der Waals surface area contributed by atoms with Gasteiger partial charge in [-0.3, -0.25) is 24.2 Å². The average molecular weight is 652 g/mol. The Morgan fingerprint density at radius 1 is 0.830 bits per heavy atom. The van der Waals surface area contributed by atoms with Gasteiger partial charge >= 0.3 is 5.97 Å². The minimum absolute atomic E-state index is 0.0274. The molecule has 4 atom stereocenters. The van der Waals surface area contributed by atoms with Gasteiger partial charge in [0.25, 0.3) is 0 Å². The van der Waals surface area contributed by atoms with Crippen molar-refractivity contribution in [3.63, 3.8) is 0 Å². The van der Waals surface area contributed by atoms with E-state index < -0.39 is 66.9 Å². The quantitative estimate of drug-likeness (QED) is 0.0409. The summed E-state index contributed by atoms with van der Waals surface area (Å²) in [5.74, 6) is -4.53. The summed E-state index contributed by atoms with van der Waals surface area (Å²) in [6.07, 6.45) is 2.26. The number of hydrogen-bond donors (Lipinski definition) is 10. The van der Waals surface area contributed by atoms with E-state index in [9.17, 15) is 34.2 Å². The molecule has 0 radical (unpaired) electrons. The minimum Gasteiger partial charge on any atom is -0.480 e. The van der Waals surface area contributed by atoms with Crippen LogP contribution in [0.4, 0.5) is 0 Å². The molecule has 0 fully saturated rings. The number of nitrogens with two attached hydrogens (primary N) is 3. The number of aromatic nitrogens is 1. The molecule has 0 aliphatic heterocycles. The Bertz CT molecular complexity index is 1560. The van der Waals surface area contributed by atoms with Crippen molar-refractivity contribution in [3.05, 3.63) is 71.9 Å². The number of hydrogen-bond acceptors (Lipinski definition) is 8. The van der Waals surface area contributed by atoms with E-state index in [1.807, 2.05) is 54.6 Å². The smallest absolute Gasteiger partial charge is 0.326 e. The number of aliphatic hydroxyl groups is 1. The predicted molar refractivity (Wildman–Crippen MR) is 174 cm³/mol. The van der Waals surface area contributed by atoms with Crippen LogP contribution in [0.5, 0.6) is 0 Å². The molecule has 3 rings (SSSR count). The maximum Gasteiger partial charge on any atom is 0.326 e. The number of para-hydroxylation sites is 1. The molecule has 1 aromatic heterocycles. The van der Waals surface area contributed by atoms with E-state index in [1.54, 1.807) is 6.20 Å². The van der Waals surface area contributed by atoms with Crippen molar-refractivity contribution < 1.29 is 34.2 Å². The fraction of sp³-hybridized carbons (Fsp3) is 0.355. The lowest BCUT2D eigenvalue weighted by Gasteiger charge is -2.23. The summed E-state index contributed by atoms with van der Waals surface area (Å²) in [6.45, 7) is -1.30. The van der Waals surface area contributed by atoms with E-state index in [2.05, 4.69) is 31.2 Å². The van der Waals surface area contributed by atoms with Gasteiger partial charge < -0.3 is 53.7 Å². The highest BCUT2D eigenvalue weighted by atomic mass is 16.4. The Morgan fingerprint density at radius 3 is 2.19 bits per heavy atom. The molecular weight excluding hydrogens is 610 g/mol. The Hall–Kier alpha value is -5.48. The number of carbonyl (C=O) groups is 5. The summed E-state index contributed by atoms with van der Waals surface area (Å²) >= 11 is 0. The molecule has 0 aliphatic carbocycles. The Balaban J connectivity index is 1.64. The van der Waals surface area contributed by atoms with E-state index >= 15 is 0 Å². The van der Waals surface area contributed by atoms with Crippen LogP contribution in [0.25, 0.3) is 10.9 Å². The molecule has 0 bridgehead atoms. The van der Waals surface area contributed by atoms with Crippen molar-refractivity contribution in [3.8, 4) is 0 Å². The number of fused-ring (bicyclic) bond motifs is 1. The molecule has 13 N–H and O–H groups in total. The Kier molecular flexibility index (Phi) is 13.7. The number of aliphatic hydroxyl groups excluding tert-OH is 1. The van der Waals surface area contributed by atoms with Gasteiger partial charge in [-0.1, -0.05) is 48.5 Å². The van der Waals surface area contributed by atoms with Gasteiger partial charge in [-0.05, 0) is 36.5 Å². The lowest BCUT2D eigenvalue weighted by atomic mass is 10.0. The Labute approximate surface area is 270 Å². The Morgan fingerprint density at radius 2 is 1.51 bits per heavy atom. The number of nitrogens with zero attached hydrogens (tertiary/aromatic N) is 1. The number of nitrogens with one attached hydrogen (secondary N) is 5. The summed E-state index contributed by atoms with van der Waals surface area (Å²) in [7, 11) is 0. The number of aromatic amines is 1. The number of carboxylic acid groups (broad SMARTS) is 1. The van der Waals surface area contributed by atoms with Crippen LogP contribution in [-0.4, -0.2) is 94.6 Å². The third-order valence-electron chi connectivity index (χ3n) is 7.18. The second-order valence-electron chi connectivity index (χ2n) is 10.8. The van der Waals surface area contributed by atoms with Gasteiger partial charge in [-0.2, -0.15) is 0 Å². The van der Waals surface area contributed by atoms with Crippen molar-refractivity contribution in [1.29, 1.82) is 0 Å². The SMILES string of the molecule is NC(N)=NCCC[C@H](NC(=O)CNC(=O)[C@H](CO)NC(=O)[C@H](Cc1c[nH]c2ccccc12)NC(=O)[C@@H](N)Cc1ccccc1)C(=O)O. The van der Waals surface area contributed by atoms with Crippen LogP contribution in [0.15, 0.2) is 65.8 Å². The first-order valence-corrected chi connectivity index (χ1v) is 14.9. The van der Waals surface area contributed by atoms with Crippen LogP contribution < -0.4 is 38.5 Å². The average Bonchev–Trinajstić information content (AvgIpc) is 3.46. The third-order valence-corrected chi connectivity index (χ3v) is 7.18. The first-order valence-electron chi connectivity index (χ1n) is 14.9. The molecule has 4 amide bonds. The summed E-state index contributed by atoms with van der Waals surface area (Å²) in [6, 6.07) is 11.6. The molecule has 47 heavy (non-hydrogen) atoms. The largest absolute Gasteiger partial charge is 0.480 e. The predicted octanol–water partition coefficient (Wildman–Crippen LogP) is -2.02. The van der Waals surface area contributed by atoms with Crippen LogP contribution in [0.1, 0.15) is 24.0 Å². The molecular formula is C31H41N9O7. The number of carbonyl (C=O) groups excluding carboxylic acids is 4. The number of H-pyrrole nitrogens is 1. The number of benzene rings is 2. The van der Waals surface area contributed by atoms with Crippen molar-refractivity contribution >= 4 is 46.5 Å². The molecule has 252 valence electrons. The molecule has 16 nitrogen and oxygen atoms in total. The fourth-order valence-electron chi connectivity index (χ4n) is 4.73. The van der Waals surface area contributed by atoms with Crippen molar-refractivity contribution in [2.45, 2.75) is 49.9 Å². The van der Waals surface area contributed by atoms with E-state index in [4.69, 9.17) is 17.2 Å². The van der Waals surface area contributed by atoms with Gasteiger partial charge in [0.2, 0.25) is 23.6 Å². The minimum atomic E-state index is -1.49. The zero-order valence-corrected chi connectivity index (χ0v) is 25.6. The topological polar surface area (TPSA) is 280 Å². The first-order chi connectivity index (χ1) is 22.5. The summed E-state index contributed by atoms with van der Waals surface area (Å²) in [5, 5.41) is 29.8. The second kappa shape index (κ2) is 17.9. The number of rotatable bonds is 18. The zero-order chi connectivity index (χ0) is 34.3. The van der Waals surface area contributed by atoms with Crippen LogP contribution in [0, 0.1) is 0 Å². The molecule has 3 aromatic rings. The highest BCUT2D eigenvalue weighted by Crippen LogP contribution is 2.19. The second-order valence-corrected chi connectivity index (χ2v) is 10.8. The third kappa shape index (κ3) is 11.4. The van der Waals surface area contributed by atoms with E-state index in [1.165, 1.54) is 0 Å². The number of carboxylic acids is 1. The monoisotopic (exact) mass is 651 g/mol. The van der Waals surface area contributed by atoms with Crippen molar-refractivity contribution in [1.82, 2.24) is 26.3 Å². The van der Waals surface area contributed by atoms with Crippen LogP contribution >= 0.6 is 0 Å². The van der Waals surface area contributed by atoms with Crippen molar-refractivity contribution in [2.75, 3.05) is 19.7 Å². The summed E-state index contributed by atoms with van der Waals surface area (Å²) < 4.78 is 0. The van der Waals surface area contributed by atoms with Gasteiger partial charge in [-0.25, -0.2) is 4.79 Å². The lowest BCUT2D eigenvalue weighted by Crippen LogP contribution is -2.58. The van der Waals surface area contributed by atoms with E-state index in [-0.39, 0.29) is 38.2 Å². The van der Waals surface area contributed by atoms with Gasteiger partial charge in [0.05, 0.1) is 19.2 Å². The van der Waals surface area contributed by atoms with Gasteiger partial charge in [0, 0.05) is 30.1 Å². The lowest BCUT2D eigenvalue weighted by molar-refractivity contribution is -0.142. The number of aliphatic carboxylic acids is 1. The standard InChI is InChI=1S/C31H41N9O7/c32-21(13-18-7-2-1-3-8-18)27(43)39-24(14-19-15-36-22-10-5-4-9-20(19)22)29(45)40-25(17-41)28(44)37-16-26(42)38-23(30(46)47)11-6-12-35-31(33)34/h1-5,7-10,15,21,23-25,36,41H,6,11-14,16-17,32H2,(H,37,44)(H,38,42)(H,39,43)(H,40,45)(H,46,47)(H4,33,34,35)/t21-,23-,24-,25-/m0/s1. The number of aliphatic imine (C=N–C) groups is 1. The van der Waals surface area contributed by atoms with Crippen molar-refractivity contribution in [2.24, 2.45) is 22.2 Å². The van der Waals surface area contributed by atoms with Gasteiger partial charge in [-0.15, -0.1) is 0 Å². The fourth-order valence-corrected chi connectivity index (χ4v) is 4.73. The van der Waals surface area contributed by atoms with Crippen LogP contribution in [0.2, 0.25) is 0 Å². The normalized spacial score (nSPS) is 13.4. The van der Waals surface area contributed by atoms with E-state index in [0.29, 0.717) is 5.56 Å². The molecule has 0 spiro atoms. The molecule has 0 saturated carbocycles. The molecule has 16 heteroatoms. The van der Waals surface area contributed by atoms with E-state index in [0.717, 1.165) is 16.5 Å². The van der Waals surface area contributed by atoms with Crippen LogP contribution in [0.3, 0.4) is 0 Å². The molecule has 2 aromatic carbocycles. The number of guanidine groups is 1. The van der Waals surface area contributed by atoms with Gasteiger partial charge in [0.1, 0.15) is 18.1 Å². The zero-order valence-electron chi connectivity index (χ0n) is 25.6. The molecule has 0 saturated heterocycles. The summed E-state index contributed by atoms with van der Waals surface area (Å²) in [4.78, 5) is 70.2. The molecule has 1 heterocycles. The summed E-state index contributed by atoms with van der Waals surface area (Å²) in [5.41, 5.74) is 19.0. The van der Waals surface area contributed by atoms with Gasteiger partial charge in [0.15, 0.2) is 5.96 Å². The highest BCUT2D eigenvalue weighted by Gasteiger charge is 2.29. The molecule has 0 unspecified atom stereocenters. The maximum atomic E-state index is 13.5. The first kappa shape index (κ1) is 36.0.